The number of aliphatic hydroxyl groups excluding tert-OH is 1. The van der Waals surface area contributed by atoms with E-state index in [-0.39, 0.29) is 6.61 Å². The van der Waals surface area contributed by atoms with Gasteiger partial charge in [-0.15, -0.1) is 0 Å². The summed E-state index contributed by atoms with van der Waals surface area (Å²) in [4.78, 5) is 5.84. The second-order valence-electron chi connectivity index (χ2n) is 2.64. The average Bonchev–Trinajstić information content (AvgIpc) is 2.57. The number of aliphatic imine (C=N–C) groups is 1. The van der Waals surface area contributed by atoms with Crippen molar-refractivity contribution >= 4 is 5.84 Å². The fraction of sp³-hybridized carbons (Fsp3) is 0.625. The van der Waals surface area contributed by atoms with Gasteiger partial charge in [0, 0.05) is 13.1 Å². The first kappa shape index (κ1) is 9.50. The molecule has 0 saturated heterocycles. The topological polar surface area (TPSA) is 83.4 Å². The molecule has 68 valence electrons. The van der Waals surface area contributed by atoms with Crippen LogP contribution < -0.4 is 0 Å². The predicted molar refractivity (Wildman–Crippen MR) is 45.7 cm³/mol. The third-order valence-corrected chi connectivity index (χ3v) is 1.85. The molecule has 13 heavy (non-hydrogen) atoms. The molecule has 5 heteroatoms. The highest BCUT2D eigenvalue weighted by atomic mass is 16.3. The van der Waals surface area contributed by atoms with E-state index in [0.29, 0.717) is 25.5 Å². The van der Waals surface area contributed by atoms with Crippen molar-refractivity contribution in [2.24, 2.45) is 10.9 Å². The van der Waals surface area contributed by atoms with E-state index < -0.39 is 5.92 Å². The SMILES string of the molecule is N#CC(C#N)C1=NCCN1CCO. The Labute approximate surface area is 76.5 Å². The van der Waals surface area contributed by atoms with E-state index in [4.69, 9.17) is 15.6 Å². The van der Waals surface area contributed by atoms with E-state index in [1.165, 1.54) is 0 Å². The monoisotopic (exact) mass is 178 g/mol. The van der Waals surface area contributed by atoms with Gasteiger partial charge in [-0.2, -0.15) is 10.5 Å². The number of amidine groups is 1. The third-order valence-electron chi connectivity index (χ3n) is 1.85. The molecule has 0 fully saturated rings. The largest absolute Gasteiger partial charge is 0.395 e. The minimum absolute atomic E-state index is 0.0165. The summed E-state index contributed by atoms with van der Waals surface area (Å²) in [5.41, 5.74) is 0. The highest BCUT2D eigenvalue weighted by Gasteiger charge is 2.24. The Bertz CT molecular complexity index is 271. The zero-order chi connectivity index (χ0) is 9.68. The summed E-state index contributed by atoms with van der Waals surface area (Å²) in [5.74, 6) is -0.298. The van der Waals surface area contributed by atoms with E-state index in [0.717, 1.165) is 0 Å². The molecular formula is C8H10N4O. The Morgan fingerprint density at radius 3 is 2.77 bits per heavy atom. The molecule has 1 N–H and O–H groups in total. The fourth-order valence-corrected chi connectivity index (χ4v) is 1.27. The number of nitrogens with zero attached hydrogens (tertiary/aromatic N) is 4. The maximum Gasteiger partial charge on any atom is 0.189 e. The van der Waals surface area contributed by atoms with Gasteiger partial charge in [0.2, 0.25) is 0 Å². The van der Waals surface area contributed by atoms with Crippen LogP contribution in [0.4, 0.5) is 0 Å². The van der Waals surface area contributed by atoms with E-state index in [1.54, 1.807) is 4.90 Å². The molecule has 0 unspecified atom stereocenters. The summed E-state index contributed by atoms with van der Waals surface area (Å²) in [6.07, 6.45) is 0. The Morgan fingerprint density at radius 1 is 1.54 bits per heavy atom. The fourth-order valence-electron chi connectivity index (χ4n) is 1.27. The molecule has 0 atom stereocenters. The second-order valence-corrected chi connectivity index (χ2v) is 2.64. The van der Waals surface area contributed by atoms with Crippen LogP contribution in [-0.4, -0.2) is 42.1 Å². The molecule has 1 rings (SSSR count). The maximum atomic E-state index is 8.71. The van der Waals surface area contributed by atoms with Gasteiger partial charge in [0.15, 0.2) is 5.92 Å². The van der Waals surface area contributed by atoms with Crippen molar-refractivity contribution in [2.45, 2.75) is 0 Å². The van der Waals surface area contributed by atoms with Crippen molar-refractivity contribution < 1.29 is 5.11 Å². The van der Waals surface area contributed by atoms with Gasteiger partial charge in [-0.1, -0.05) is 0 Å². The molecule has 1 aliphatic rings. The highest BCUT2D eigenvalue weighted by molar-refractivity contribution is 5.90. The molecule has 0 aromatic heterocycles. The number of hydrogen-bond donors (Lipinski definition) is 1. The van der Waals surface area contributed by atoms with Crippen molar-refractivity contribution in [1.82, 2.24) is 4.90 Å². The van der Waals surface area contributed by atoms with Crippen molar-refractivity contribution in [3.05, 3.63) is 0 Å². The first-order valence-electron chi connectivity index (χ1n) is 4.03. The maximum absolute atomic E-state index is 8.71. The standard InChI is InChI=1S/C8H10N4O/c9-5-7(6-10)8-11-1-2-12(8)3-4-13/h7,13H,1-4H2. The zero-order valence-electron chi connectivity index (χ0n) is 7.14. The molecule has 0 radical (unpaired) electrons. The first-order valence-corrected chi connectivity index (χ1v) is 4.03. The molecule has 0 spiro atoms. The predicted octanol–water partition coefficient (Wildman–Crippen LogP) is -0.644. The van der Waals surface area contributed by atoms with Gasteiger partial charge in [0.05, 0.1) is 25.3 Å². The number of hydrogen-bond acceptors (Lipinski definition) is 5. The van der Waals surface area contributed by atoms with Crippen LogP contribution in [0.5, 0.6) is 0 Å². The molecule has 0 amide bonds. The van der Waals surface area contributed by atoms with Crippen molar-refractivity contribution in [3.8, 4) is 12.1 Å². The lowest BCUT2D eigenvalue weighted by Gasteiger charge is -2.18. The number of nitriles is 2. The zero-order valence-corrected chi connectivity index (χ0v) is 7.14. The Morgan fingerprint density at radius 2 is 2.23 bits per heavy atom. The molecular weight excluding hydrogens is 168 g/mol. The van der Waals surface area contributed by atoms with E-state index in [9.17, 15) is 0 Å². The Hall–Kier alpha value is -1.59. The number of aliphatic hydroxyl groups is 1. The molecule has 0 aromatic carbocycles. The molecule has 0 aliphatic carbocycles. The van der Waals surface area contributed by atoms with Crippen LogP contribution in [0.15, 0.2) is 4.99 Å². The number of rotatable bonds is 3. The molecule has 0 saturated carbocycles. The van der Waals surface area contributed by atoms with Crippen LogP contribution in [0.25, 0.3) is 0 Å². The average molecular weight is 178 g/mol. The summed E-state index contributed by atoms with van der Waals surface area (Å²) in [5, 5.41) is 26.0. The van der Waals surface area contributed by atoms with Gasteiger partial charge in [0.1, 0.15) is 5.84 Å². The molecule has 5 nitrogen and oxygen atoms in total. The third kappa shape index (κ3) is 1.95. The summed E-state index contributed by atoms with van der Waals surface area (Å²) >= 11 is 0. The van der Waals surface area contributed by atoms with Crippen LogP contribution in [0.2, 0.25) is 0 Å². The van der Waals surface area contributed by atoms with Crippen LogP contribution >= 0.6 is 0 Å². The van der Waals surface area contributed by atoms with Gasteiger partial charge in [-0.25, -0.2) is 0 Å². The van der Waals surface area contributed by atoms with E-state index >= 15 is 0 Å². The molecule has 0 aromatic rings. The summed E-state index contributed by atoms with van der Waals surface area (Å²) < 4.78 is 0. The minimum atomic E-state index is -0.797. The van der Waals surface area contributed by atoms with Crippen molar-refractivity contribution in [2.75, 3.05) is 26.2 Å². The van der Waals surface area contributed by atoms with E-state index in [2.05, 4.69) is 4.99 Å². The summed E-state index contributed by atoms with van der Waals surface area (Å²) in [6, 6.07) is 3.73. The van der Waals surface area contributed by atoms with Gasteiger partial charge >= 0.3 is 0 Å². The molecule has 0 bridgehead atoms. The lowest BCUT2D eigenvalue weighted by molar-refractivity contribution is 0.255. The summed E-state index contributed by atoms with van der Waals surface area (Å²) in [6.45, 7) is 1.76. The quantitative estimate of drug-likeness (QED) is 0.622. The normalized spacial score (nSPS) is 15.4. The smallest absolute Gasteiger partial charge is 0.189 e. The van der Waals surface area contributed by atoms with Gasteiger partial charge in [0.25, 0.3) is 0 Å². The van der Waals surface area contributed by atoms with Crippen LogP contribution in [0.1, 0.15) is 0 Å². The van der Waals surface area contributed by atoms with Gasteiger partial charge in [-0.3, -0.25) is 4.99 Å². The lowest BCUT2D eigenvalue weighted by atomic mass is 10.1. The first-order chi connectivity index (χ1) is 6.33. The van der Waals surface area contributed by atoms with Gasteiger partial charge in [-0.05, 0) is 0 Å². The summed E-state index contributed by atoms with van der Waals surface area (Å²) in [7, 11) is 0. The number of β-amino-alcohol motifs (C(OH)–C–C–N with tert-alkyl or cyclic N) is 1. The van der Waals surface area contributed by atoms with Crippen molar-refractivity contribution in [1.29, 1.82) is 10.5 Å². The second kappa shape index (κ2) is 4.44. The Balaban J connectivity index is 2.69. The van der Waals surface area contributed by atoms with Crippen LogP contribution in [0, 0.1) is 28.6 Å². The molecule has 1 aliphatic heterocycles. The Kier molecular flexibility index (Phi) is 3.24. The van der Waals surface area contributed by atoms with Crippen LogP contribution in [-0.2, 0) is 0 Å². The highest BCUT2D eigenvalue weighted by Crippen LogP contribution is 2.09. The lowest BCUT2D eigenvalue weighted by Crippen LogP contribution is -2.34. The van der Waals surface area contributed by atoms with Crippen LogP contribution in [0.3, 0.4) is 0 Å². The van der Waals surface area contributed by atoms with Gasteiger partial charge < -0.3 is 10.0 Å². The van der Waals surface area contributed by atoms with Crippen molar-refractivity contribution in [3.63, 3.8) is 0 Å². The molecule has 1 heterocycles. The van der Waals surface area contributed by atoms with E-state index in [1.807, 2.05) is 12.1 Å². The minimum Gasteiger partial charge on any atom is -0.395 e.